The summed E-state index contributed by atoms with van der Waals surface area (Å²) in [6, 6.07) is 6.03. The van der Waals surface area contributed by atoms with Crippen molar-refractivity contribution in [3.05, 3.63) is 79.3 Å². The number of nitrogens with zero attached hydrogens (tertiary/aromatic N) is 5. The number of halogens is 1. The Hall–Kier alpha value is -4.64. The minimum absolute atomic E-state index is 0. The van der Waals surface area contributed by atoms with Gasteiger partial charge in [-0.05, 0) is 49.6 Å². The molecule has 3 N–H and O–H groups in total. The summed E-state index contributed by atoms with van der Waals surface area (Å²) in [4.78, 5) is 37.7. The van der Waals surface area contributed by atoms with Crippen molar-refractivity contribution < 1.29 is 14.0 Å². The average molecular weight is 533 g/mol. The topological polar surface area (TPSA) is 121 Å². The number of imidazole rings is 1. The van der Waals surface area contributed by atoms with Gasteiger partial charge < -0.3 is 15.6 Å². The van der Waals surface area contributed by atoms with E-state index in [1.54, 1.807) is 31.6 Å². The number of benzene rings is 1. The summed E-state index contributed by atoms with van der Waals surface area (Å²) in [5, 5.41) is 6.99. The first-order chi connectivity index (χ1) is 18.5. The van der Waals surface area contributed by atoms with Crippen LogP contribution in [0.1, 0.15) is 32.8 Å². The minimum atomic E-state index is -0.545. The van der Waals surface area contributed by atoms with E-state index >= 15 is 0 Å². The molecule has 0 radical (unpaired) electrons. The quantitative estimate of drug-likeness (QED) is 0.241. The number of anilines is 3. The number of nitrogens with one attached hydrogen (secondary N) is 3. The number of H-pyrrole nitrogens is 1. The number of rotatable bonds is 6. The van der Waals surface area contributed by atoms with Crippen molar-refractivity contribution in [1.82, 2.24) is 30.0 Å². The van der Waals surface area contributed by atoms with E-state index in [1.807, 2.05) is 12.1 Å². The fourth-order valence-corrected chi connectivity index (χ4v) is 3.71. The van der Waals surface area contributed by atoms with Crippen LogP contribution in [0, 0.1) is 12.7 Å². The normalized spacial score (nSPS) is 12.5. The van der Waals surface area contributed by atoms with Gasteiger partial charge in [-0.15, -0.1) is 0 Å². The number of hydrogen-bond acceptors (Lipinski definition) is 7. The van der Waals surface area contributed by atoms with E-state index in [0.717, 1.165) is 12.8 Å². The third kappa shape index (κ3) is 7.02. The van der Waals surface area contributed by atoms with Gasteiger partial charge in [0.2, 0.25) is 0 Å². The number of hydroxylamine groups is 2. The number of hydrogen-bond donors (Lipinski definition) is 3. The second kappa shape index (κ2) is 13.8. The zero-order valence-electron chi connectivity index (χ0n) is 21.2. The number of fused-ring (bicyclic) bond motifs is 1. The highest BCUT2D eigenvalue weighted by Gasteiger charge is 2.21. The van der Waals surface area contributed by atoms with Gasteiger partial charge in [0, 0.05) is 17.4 Å². The molecule has 0 spiro atoms. The molecule has 0 unspecified atom stereocenters. The van der Waals surface area contributed by atoms with Crippen LogP contribution in [0.3, 0.4) is 0 Å². The maximum atomic E-state index is 14.6. The van der Waals surface area contributed by atoms with Gasteiger partial charge in [-0.2, -0.15) is 0 Å². The molecule has 39 heavy (non-hydrogen) atoms. The lowest BCUT2D eigenvalue weighted by atomic mass is 10.1. The molecule has 3 aromatic heterocycles. The van der Waals surface area contributed by atoms with Gasteiger partial charge >= 0.3 is 6.03 Å². The fraction of sp³-hybridized carbons (Fsp3) is 0.250. The molecule has 0 atom stereocenters. The number of urea groups is 1. The summed E-state index contributed by atoms with van der Waals surface area (Å²) in [5.74, 6) is -0.0335. The Labute approximate surface area is 227 Å². The van der Waals surface area contributed by atoms with E-state index < -0.39 is 11.8 Å². The van der Waals surface area contributed by atoms with Crippen molar-refractivity contribution in [2.24, 2.45) is 0 Å². The van der Waals surface area contributed by atoms with Crippen molar-refractivity contribution in [1.29, 1.82) is 0 Å². The van der Waals surface area contributed by atoms with Gasteiger partial charge in [0.25, 0.3) is 0 Å². The molecule has 11 heteroatoms. The lowest BCUT2D eigenvalue weighted by Crippen LogP contribution is -2.31. The van der Waals surface area contributed by atoms with Crippen LogP contribution in [0.15, 0.2) is 67.9 Å². The van der Waals surface area contributed by atoms with Gasteiger partial charge in [0.1, 0.15) is 29.2 Å². The summed E-state index contributed by atoms with van der Waals surface area (Å²) in [6.45, 7) is 8.30. The molecule has 4 aromatic rings. The maximum absolute atomic E-state index is 14.6. The van der Waals surface area contributed by atoms with E-state index in [-0.39, 0.29) is 13.1 Å². The predicted molar refractivity (Wildman–Crippen MR) is 152 cm³/mol. The first-order valence-corrected chi connectivity index (χ1v) is 12.2. The number of carbonyl (C=O) groups is 1. The number of aromatic amines is 1. The Morgan fingerprint density at radius 2 is 2.10 bits per heavy atom. The standard InChI is InChI=1S/C21H19FN8O2.C6H10.CH4/c1-12-8-14(22)16(29-21(31)30-6-3-7-32-30)9-15(12)28-19-13(4-2-5-23-19)17-18-20(26-10-24-17)27-11-25-18;1-3-5-6-4-2;/h2,4-5,8-11H,3,6-7H2,1H3,(H,23,28)(H,29,31)(H,24,25,26,27);3,5-6H,1,4H2,2H3;1H4/b;6-5-;. The molecule has 1 aliphatic rings. The van der Waals surface area contributed by atoms with Gasteiger partial charge in [0.15, 0.2) is 5.65 Å². The molecular weight excluding hydrogens is 499 g/mol. The molecule has 0 saturated carbocycles. The highest BCUT2D eigenvalue weighted by atomic mass is 19.1. The molecule has 0 bridgehead atoms. The molecule has 204 valence electrons. The van der Waals surface area contributed by atoms with Gasteiger partial charge in [-0.1, -0.05) is 39.2 Å². The summed E-state index contributed by atoms with van der Waals surface area (Å²) in [6.07, 6.45) is 12.3. The molecule has 4 heterocycles. The number of amides is 2. The van der Waals surface area contributed by atoms with Crippen LogP contribution in [0.25, 0.3) is 22.4 Å². The summed E-state index contributed by atoms with van der Waals surface area (Å²) < 4.78 is 14.6. The highest BCUT2D eigenvalue weighted by Crippen LogP contribution is 2.33. The Morgan fingerprint density at radius 3 is 2.82 bits per heavy atom. The highest BCUT2D eigenvalue weighted by molar-refractivity contribution is 5.92. The number of carbonyl (C=O) groups excluding carboxylic acids is 1. The van der Waals surface area contributed by atoms with Crippen LogP contribution in [-0.2, 0) is 4.84 Å². The smallest absolute Gasteiger partial charge is 0.341 e. The molecule has 0 aliphatic carbocycles. The Bertz CT molecular complexity index is 1450. The minimum Gasteiger partial charge on any atom is -0.341 e. The van der Waals surface area contributed by atoms with E-state index in [1.165, 1.54) is 23.5 Å². The van der Waals surface area contributed by atoms with Gasteiger partial charge in [-0.3, -0.25) is 4.84 Å². The van der Waals surface area contributed by atoms with Crippen molar-refractivity contribution in [3.63, 3.8) is 0 Å². The number of aromatic nitrogens is 5. The zero-order chi connectivity index (χ0) is 26.9. The molecule has 1 saturated heterocycles. The molecule has 5 rings (SSSR count). The summed E-state index contributed by atoms with van der Waals surface area (Å²) >= 11 is 0. The third-order valence-corrected chi connectivity index (χ3v) is 5.58. The summed E-state index contributed by atoms with van der Waals surface area (Å²) in [5.41, 5.74) is 3.82. The van der Waals surface area contributed by atoms with Gasteiger partial charge in [0.05, 0.1) is 25.2 Å². The van der Waals surface area contributed by atoms with Crippen LogP contribution in [0.2, 0.25) is 0 Å². The lowest BCUT2D eigenvalue weighted by molar-refractivity contribution is -0.0614. The maximum Gasteiger partial charge on any atom is 0.345 e. The molecule has 2 amide bonds. The van der Waals surface area contributed by atoms with Crippen LogP contribution in [0.4, 0.5) is 26.4 Å². The Morgan fingerprint density at radius 1 is 1.26 bits per heavy atom. The molecular formula is C28H33FN8O2. The van der Waals surface area contributed by atoms with Crippen molar-refractivity contribution in [2.75, 3.05) is 23.8 Å². The largest absolute Gasteiger partial charge is 0.345 e. The number of allylic oxidation sites excluding steroid dienone is 3. The van der Waals surface area contributed by atoms with E-state index in [0.29, 0.717) is 52.6 Å². The van der Waals surface area contributed by atoms with E-state index in [4.69, 9.17) is 4.84 Å². The summed E-state index contributed by atoms with van der Waals surface area (Å²) in [7, 11) is 0. The van der Waals surface area contributed by atoms with Crippen LogP contribution >= 0.6 is 0 Å². The average Bonchev–Trinajstić information content (AvgIpc) is 3.63. The monoisotopic (exact) mass is 532 g/mol. The molecule has 1 fully saturated rings. The third-order valence-electron chi connectivity index (χ3n) is 5.58. The zero-order valence-corrected chi connectivity index (χ0v) is 21.2. The lowest BCUT2D eigenvalue weighted by Gasteiger charge is -2.17. The van der Waals surface area contributed by atoms with Crippen LogP contribution in [-0.4, -0.2) is 49.2 Å². The number of pyridine rings is 1. The second-order valence-electron chi connectivity index (χ2n) is 8.29. The van der Waals surface area contributed by atoms with E-state index in [9.17, 15) is 9.18 Å². The van der Waals surface area contributed by atoms with Gasteiger partial charge in [-0.25, -0.2) is 34.2 Å². The second-order valence-corrected chi connectivity index (χ2v) is 8.29. The van der Waals surface area contributed by atoms with Crippen LogP contribution in [0.5, 0.6) is 0 Å². The van der Waals surface area contributed by atoms with Crippen molar-refractivity contribution in [2.45, 2.75) is 34.1 Å². The molecule has 1 aromatic carbocycles. The predicted octanol–water partition coefficient (Wildman–Crippen LogP) is 6.55. The van der Waals surface area contributed by atoms with Crippen molar-refractivity contribution >= 4 is 34.4 Å². The van der Waals surface area contributed by atoms with E-state index in [2.05, 4.69) is 55.1 Å². The van der Waals surface area contributed by atoms with Crippen molar-refractivity contribution in [3.8, 4) is 11.3 Å². The fourth-order valence-electron chi connectivity index (χ4n) is 3.71. The molecule has 10 nitrogen and oxygen atoms in total. The Balaban J connectivity index is 0.000000543. The van der Waals surface area contributed by atoms with Crippen LogP contribution < -0.4 is 10.6 Å². The first-order valence-electron chi connectivity index (χ1n) is 12.2. The first kappa shape index (κ1) is 28.9. The Kier molecular flexibility index (Phi) is 10.2. The molecule has 1 aliphatic heterocycles. The number of aryl methyl sites for hydroxylation is 1. The SMILES string of the molecule is C.C=C/C=C\CC.Cc1cc(F)c(NC(=O)N2CCCO2)cc1Nc1ncccc1-c1ncnc2nc[nH]c12.